The molecule has 2 N–H and O–H groups in total. The number of carbonyl (C=O) groups is 1. The number of aryl methyl sites for hydroxylation is 1. The Morgan fingerprint density at radius 3 is 2.55 bits per heavy atom. The Bertz CT molecular complexity index is 806. The summed E-state index contributed by atoms with van der Waals surface area (Å²) in [5.74, 6) is -0.205. The van der Waals surface area contributed by atoms with E-state index in [4.69, 9.17) is 5.41 Å². The van der Waals surface area contributed by atoms with Crippen molar-refractivity contribution in [2.75, 3.05) is 0 Å². The summed E-state index contributed by atoms with van der Waals surface area (Å²) in [6, 6.07) is 10.2. The average molecular weight is 376 g/mol. The van der Waals surface area contributed by atoms with Gasteiger partial charge in [0.1, 0.15) is 0 Å². The number of rotatable bonds is 2. The van der Waals surface area contributed by atoms with Crippen LogP contribution in [0.5, 0.6) is 0 Å². The van der Waals surface area contributed by atoms with Gasteiger partial charge in [0.25, 0.3) is 5.91 Å². The second kappa shape index (κ2) is 5.78. The summed E-state index contributed by atoms with van der Waals surface area (Å²) in [4.78, 5) is 12.3. The van der Waals surface area contributed by atoms with Gasteiger partial charge in [0.2, 0.25) is 0 Å². The second-order valence-corrected chi connectivity index (χ2v) is 7.00. The SMILES string of the molecule is Cc1cc(C=C2SC(=N)NC2=O)c(C)n1-c1ccc(Br)cc1. The third-order valence-electron chi connectivity index (χ3n) is 3.50. The largest absolute Gasteiger partial charge is 0.318 e. The highest BCUT2D eigenvalue weighted by Gasteiger charge is 2.23. The van der Waals surface area contributed by atoms with Crippen molar-refractivity contribution in [2.45, 2.75) is 13.8 Å². The van der Waals surface area contributed by atoms with Crippen LogP contribution in [0.2, 0.25) is 0 Å². The number of hydrogen-bond acceptors (Lipinski definition) is 3. The van der Waals surface area contributed by atoms with Crippen molar-refractivity contribution in [1.82, 2.24) is 9.88 Å². The van der Waals surface area contributed by atoms with Crippen molar-refractivity contribution < 1.29 is 4.79 Å². The molecule has 22 heavy (non-hydrogen) atoms. The molecule has 1 fully saturated rings. The Morgan fingerprint density at radius 1 is 1.27 bits per heavy atom. The zero-order valence-electron chi connectivity index (χ0n) is 12.1. The minimum absolute atomic E-state index is 0.179. The Morgan fingerprint density at radius 2 is 1.95 bits per heavy atom. The predicted octanol–water partition coefficient (Wildman–Crippen LogP) is 4.00. The van der Waals surface area contributed by atoms with Crippen LogP contribution in [0.4, 0.5) is 0 Å². The highest BCUT2D eigenvalue weighted by atomic mass is 79.9. The zero-order chi connectivity index (χ0) is 15.9. The lowest BCUT2D eigenvalue weighted by atomic mass is 10.2. The number of thioether (sulfide) groups is 1. The van der Waals surface area contributed by atoms with E-state index in [9.17, 15) is 4.79 Å². The lowest BCUT2D eigenvalue weighted by Crippen LogP contribution is -2.18. The van der Waals surface area contributed by atoms with Gasteiger partial charge < -0.3 is 9.88 Å². The summed E-state index contributed by atoms with van der Waals surface area (Å²) >= 11 is 4.60. The minimum atomic E-state index is -0.205. The second-order valence-electron chi connectivity index (χ2n) is 5.03. The molecule has 2 heterocycles. The number of hydrogen-bond donors (Lipinski definition) is 2. The first kappa shape index (κ1) is 15.1. The smallest absolute Gasteiger partial charge is 0.264 e. The number of halogens is 1. The zero-order valence-corrected chi connectivity index (χ0v) is 14.5. The van der Waals surface area contributed by atoms with Crippen LogP contribution in [-0.4, -0.2) is 15.6 Å². The van der Waals surface area contributed by atoms with E-state index in [1.807, 2.05) is 44.2 Å². The van der Waals surface area contributed by atoms with Crippen LogP contribution in [-0.2, 0) is 4.79 Å². The molecular weight excluding hydrogens is 362 g/mol. The molecule has 1 aliphatic heterocycles. The summed E-state index contributed by atoms with van der Waals surface area (Å²) in [7, 11) is 0. The number of amides is 1. The number of benzene rings is 1. The molecule has 0 atom stereocenters. The van der Waals surface area contributed by atoms with Gasteiger partial charge in [-0.15, -0.1) is 0 Å². The molecule has 1 aromatic heterocycles. The first-order valence-electron chi connectivity index (χ1n) is 6.70. The van der Waals surface area contributed by atoms with Crippen molar-refractivity contribution in [1.29, 1.82) is 5.41 Å². The molecule has 0 unspecified atom stereocenters. The molecule has 0 spiro atoms. The lowest BCUT2D eigenvalue weighted by molar-refractivity contribution is -0.115. The average Bonchev–Trinajstić information content (AvgIpc) is 2.92. The number of amidine groups is 1. The first-order chi connectivity index (χ1) is 10.5. The third kappa shape index (κ3) is 2.76. The van der Waals surface area contributed by atoms with Gasteiger partial charge in [-0.05, 0) is 67.6 Å². The van der Waals surface area contributed by atoms with Gasteiger partial charge in [-0.3, -0.25) is 10.2 Å². The molecular formula is C16H14BrN3OS. The van der Waals surface area contributed by atoms with Crippen LogP contribution in [0.25, 0.3) is 11.8 Å². The summed E-state index contributed by atoms with van der Waals surface area (Å²) in [5.41, 5.74) is 4.25. The van der Waals surface area contributed by atoms with E-state index in [0.717, 1.165) is 38.9 Å². The van der Waals surface area contributed by atoms with E-state index in [1.165, 1.54) is 0 Å². The van der Waals surface area contributed by atoms with E-state index >= 15 is 0 Å². The van der Waals surface area contributed by atoms with Crippen LogP contribution < -0.4 is 5.32 Å². The molecule has 4 nitrogen and oxygen atoms in total. The van der Waals surface area contributed by atoms with Crippen LogP contribution in [0.3, 0.4) is 0 Å². The Labute approximate surface area is 141 Å². The molecule has 1 aliphatic rings. The summed E-state index contributed by atoms with van der Waals surface area (Å²) in [5, 5.41) is 10.2. The van der Waals surface area contributed by atoms with E-state index < -0.39 is 0 Å². The summed E-state index contributed by atoms with van der Waals surface area (Å²) < 4.78 is 3.19. The van der Waals surface area contributed by atoms with Gasteiger partial charge in [0, 0.05) is 21.5 Å². The van der Waals surface area contributed by atoms with E-state index in [1.54, 1.807) is 0 Å². The summed E-state index contributed by atoms with van der Waals surface area (Å²) in [6.07, 6.45) is 1.85. The topological polar surface area (TPSA) is 57.9 Å². The highest BCUT2D eigenvalue weighted by molar-refractivity contribution is 9.10. The van der Waals surface area contributed by atoms with Gasteiger partial charge in [0.05, 0.1) is 4.91 Å². The van der Waals surface area contributed by atoms with Gasteiger partial charge >= 0.3 is 0 Å². The third-order valence-corrected chi connectivity index (χ3v) is 4.86. The van der Waals surface area contributed by atoms with Gasteiger partial charge in [-0.2, -0.15) is 0 Å². The molecule has 0 saturated carbocycles. The van der Waals surface area contributed by atoms with Gasteiger partial charge in [-0.1, -0.05) is 15.9 Å². The van der Waals surface area contributed by atoms with Crippen molar-refractivity contribution in [2.24, 2.45) is 0 Å². The Hall–Kier alpha value is -1.79. The molecule has 1 saturated heterocycles. The predicted molar refractivity (Wildman–Crippen MR) is 94.4 cm³/mol. The standard InChI is InChI=1S/C16H14BrN3OS/c1-9-7-11(8-14-15(21)19-16(18)22-14)10(2)20(9)13-5-3-12(17)4-6-13/h3-8H,1-2H3,(H2,18,19,21). The van der Waals surface area contributed by atoms with Crippen LogP contribution in [0.15, 0.2) is 39.7 Å². The Balaban J connectivity index is 2.04. The molecule has 0 radical (unpaired) electrons. The van der Waals surface area contributed by atoms with Crippen molar-refractivity contribution >= 4 is 44.8 Å². The fourth-order valence-electron chi connectivity index (χ4n) is 2.50. The van der Waals surface area contributed by atoms with Crippen LogP contribution in [0, 0.1) is 19.3 Å². The van der Waals surface area contributed by atoms with Crippen LogP contribution in [0.1, 0.15) is 17.0 Å². The van der Waals surface area contributed by atoms with Crippen molar-refractivity contribution in [3.05, 3.63) is 56.7 Å². The molecule has 2 aromatic rings. The lowest BCUT2D eigenvalue weighted by Gasteiger charge is -2.09. The molecule has 1 aromatic carbocycles. The van der Waals surface area contributed by atoms with E-state index in [2.05, 4.69) is 31.9 Å². The normalized spacial score (nSPS) is 16.4. The fraction of sp³-hybridized carbons (Fsp3) is 0.125. The molecule has 0 bridgehead atoms. The number of nitrogens with zero attached hydrogens (tertiary/aromatic N) is 1. The van der Waals surface area contributed by atoms with Crippen molar-refractivity contribution in [3.8, 4) is 5.69 Å². The molecule has 6 heteroatoms. The molecule has 1 amide bonds. The number of aromatic nitrogens is 1. The number of nitrogens with one attached hydrogen (secondary N) is 2. The summed E-state index contributed by atoms with van der Waals surface area (Å²) in [6.45, 7) is 4.07. The molecule has 3 rings (SSSR count). The number of carbonyl (C=O) groups excluding carboxylic acids is 1. The van der Waals surface area contributed by atoms with Gasteiger partial charge in [0.15, 0.2) is 5.17 Å². The maximum absolute atomic E-state index is 11.7. The monoisotopic (exact) mass is 375 g/mol. The van der Waals surface area contributed by atoms with Gasteiger partial charge in [-0.25, -0.2) is 0 Å². The highest BCUT2D eigenvalue weighted by Crippen LogP contribution is 2.29. The Kier molecular flexibility index (Phi) is 3.97. The fourth-order valence-corrected chi connectivity index (χ4v) is 3.46. The first-order valence-corrected chi connectivity index (χ1v) is 8.31. The quantitative estimate of drug-likeness (QED) is 0.779. The van der Waals surface area contributed by atoms with Crippen molar-refractivity contribution in [3.63, 3.8) is 0 Å². The van der Waals surface area contributed by atoms with Crippen LogP contribution >= 0.6 is 27.7 Å². The maximum atomic E-state index is 11.7. The minimum Gasteiger partial charge on any atom is -0.318 e. The maximum Gasteiger partial charge on any atom is 0.264 e. The molecule has 112 valence electrons. The molecule has 0 aliphatic carbocycles. The van der Waals surface area contributed by atoms with E-state index in [0.29, 0.717) is 4.91 Å². The van der Waals surface area contributed by atoms with E-state index in [-0.39, 0.29) is 11.1 Å².